The predicted octanol–water partition coefficient (Wildman–Crippen LogP) is 2.96. The summed E-state index contributed by atoms with van der Waals surface area (Å²) in [5.74, 6) is 1.54. The van der Waals surface area contributed by atoms with Crippen molar-refractivity contribution in [2.75, 3.05) is 47.4 Å². The number of methoxy groups -OCH3 is 2. The van der Waals surface area contributed by atoms with Crippen molar-refractivity contribution in [3.05, 3.63) is 29.8 Å². The Kier molecular flexibility index (Phi) is 12.7. The zero-order valence-electron chi connectivity index (χ0n) is 17.8. The molecule has 1 aliphatic heterocycles. The second kappa shape index (κ2) is 14.4. The minimum absolute atomic E-state index is 0. The van der Waals surface area contributed by atoms with Gasteiger partial charge in [0, 0.05) is 32.1 Å². The summed E-state index contributed by atoms with van der Waals surface area (Å²) in [5, 5.41) is 6.78. The number of aliphatic imine (C=N–C) groups is 1. The number of nitrogens with zero attached hydrogens (tertiary/aromatic N) is 2. The Balaban J connectivity index is 0.00000420. The van der Waals surface area contributed by atoms with E-state index in [-0.39, 0.29) is 36.0 Å². The minimum atomic E-state index is -0.159. The number of esters is 1. The second-order valence-corrected chi connectivity index (χ2v) is 6.91. The number of hydrogen-bond donors (Lipinski definition) is 2. The fourth-order valence-electron chi connectivity index (χ4n) is 3.55. The van der Waals surface area contributed by atoms with Gasteiger partial charge in [-0.2, -0.15) is 0 Å². The van der Waals surface area contributed by atoms with E-state index in [0.717, 1.165) is 50.7 Å². The molecule has 0 aromatic heterocycles. The van der Waals surface area contributed by atoms with Crippen LogP contribution in [0.15, 0.2) is 29.3 Å². The number of rotatable bonds is 10. The summed E-state index contributed by atoms with van der Waals surface area (Å²) in [4.78, 5) is 18.0. The first-order chi connectivity index (χ1) is 13.7. The zero-order chi connectivity index (χ0) is 20.2. The van der Waals surface area contributed by atoms with Gasteiger partial charge in [-0.25, -0.2) is 0 Å². The lowest BCUT2D eigenvalue weighted by atomic mass is 10.0. The molecule has 1 unspecified atom stereocenters. The average Bonchev–Trinajstić information content (AvgIpc) is 3.26. The van der Waals surface area contributed by atoms with Gasteiger partial charge in [-0.15, -0.1) is 24.0 Å². The molecule has 29 heavy (non-hydrogen) atoms. The summed E-state index contributed by atoms with van der Waals surface area (Å²) in [6, 6.07) is 8.47. The van der Waals surface area contributed by atoms with Crippen molar-refractivity contribution in [3.63, 3.8) is 0 Å². The molecule has 7 nitrogen and oxygen atoms in total. The standard InChI is InChI=1S/C21H34N4O3.HI/c1-22-21(23-13-7-6-12-20(26)28-3)24-16-18(25-14-8-9-15-25)17-10-4-5-11-19(17)27-2;/h4-5,10-11,18H,6-9,12-16H2,1-3H3,(H2,22,23,24);1H. The van der Waals surface area contributed by atoms with Gasteiger partial charge in [0.2, 0.25) is 0 Å². The molecule has 8 heteroatoms. The smallest absolute Gasteiger partial charge is 0.305 e. The van der Waals surface area contributed by atoms with Crippen LogP contribution in [0.3, 0.4) is 0 Å². The molecule has 1 aromatic carbocycles. The lowest BCUT2D eigenvalue weighted by Crippen LogP contribution is -2.43. The summed E-state index contributed by atoms with van der Waals surface area (Å²) in [6.07, 6.45) is 4.61. The van der Waals surface area contributed by atoms with Crippen LogP contribution >= 0.6 is 24.0 Å². The second-order valence-electron chi connectivity index (χ2n) is 6.91. The quantitative estimate of drug-likeness (QED) is 0.163. The van der Waals surface area contributed by atoms with E-state index in [2.05, 4.69) is 37.4 Å². The van der Waals surface area contributed by atoms with Gasteiger partial charge >= 0.3 is 5.97 Å². The number of para-hydroxylation sites is 1. The third-order valence-corrected chi connectivity index (χ3v) is 5.09. The summed E-state index contributed by atoms with van der Waals surface area (Å²) in [7, 11) is 4.92. The SMILES string of the molecule is CN=C(NCCCCC(=O)OC)NCC(c1ccccc1OC)N1CCCC1.I. The topological polar surface area (TPSA) is 75.2 Å². The Bertz CT molecular complexity index is 636. The third kappa shape index (κ3) is 8.38. The molecule has 1 heterocycles. The first-order valence-electron chi connectivity index (χ1n) is 10.1. The van der Waals surface area contributed by atoms with Crippen LogP contribution < -0.4 is 15.4 Å². The van der Waals surface area contributed by atoms with Crippen molar-refractivity contribution < 1.29 is 14.3 Å². The largest absolute Gasteiger partial charge is 0.496 e. The van der Waals surface area contributed by atoms with Gasteiger partial charge in [0.25, 0.3) is 0 Å². The Morgan fingerprint density at radius 3 is 2.55 bits per heavy atom. The third-order valence-electron chi connectivity index (χ3n) is 5.09. The van der Waals surface area contributed by atoms with Crippen LogP contribution in [0.4, 0.5) is 0 Å². The molecular formula is C21H35IN4O3. The highest BCUT2D eigenvalue weighted by Gasteiger charge is 2.25. The number of benzene rings is 1. The summed E-state index contributed by atoms with van der Waals surface area (Å²) >= 11 is 0. The fourth-order valence-corrected chi connectivity index (χ4v) is 3.55. The summed E-state index contributed by atoms with van der Waals surface area (Å²) in [6.45, 7) is 3.72. The molecule has 1 saturated heterocycles. The number of nitrogens with one attached hydrogen (secondary N) is 2. The van der Waals surface area contributed by atoms with Crippen molar-refractivity contribution in [3.8, 4) is 5.75 Å². The van der Waals surface area contributed by atoms with E-state index in [1.54, 1.807) is 14.2 Å². The predicted molar refractivity (Wildman–Crippen MR) is 127 cm³/mol. The van der Waals surface area contributed by atoms with E-state index in [4.69, 9.17) is 4.74 Å². The van der Waals surface area contributed by atoms with Crippen molar-refractivity contribution in [2.45, 2.75) is 38.1 Å². The molecule has 0 bridgehead atoms. The number of halogens is 1. The molecule has 1 fully saturated rings. The number of unbranched alkanes of at least 4 members (excludes halogenated alkanes) is 1. The van der Waals surface area contributed by atoms with E-state index in [9.17, 15) is 4.79 Å². The summed E-state index contributed by atoms with van der Waals surface area (Å²) in [5.41, 5.74) is 1.20. The minimum Gasteiger partial charge on any atom is -0.496 e. The molecule has 0 amide bonds. The number of hydrogen-bond acceptors (Lipinski definition) is 5. The van der Waals surface area contributed by atoms with E-state index in [0.29, 0.717) is 6.42 Å². The average molecular weight is 518 g/mol. The van der Waals surface area contributed by atoms with Crippen LogP contribution in [0, 0.1) is 0 Å². The van der Waals surface area contributed by atoms with E-state index in [1.807, 2.05) is 12.1 Å². The van der Waals surface area contributed by atoms with Crippen LogP contribution in [0.2, 0.25) is 0 Å². The Morgan fingerprint density at radius 1 is 1.17 bits per heavy atom. The molecule has 1 atom stereocenters. The Labute approximate surface area is 191 Å². The van der Waals surface area contributed by atoms with Crippen LogP contribution in [0.5, 0.6) is 5.75 Å². The Morgan fingerprint density at radius 2 is 1.90 bits per heavy atom. The fraction of sp³-hybridized carbons (Fsp3) is 0.619. The number of ether oxygens (including phenoxy) is 2. The van der Waals surface area contributed by atoms with Gasteiger partial charge in [0.1, 0.15) is 5.75 Å². The molecule has 1 aromatic rings. The van der Waals surface area contributed by atoms with Crippen molar-refractivity contribution in [1.29, 1.82) is 0 Å². The Hall–Kier alpha value is -1.55. The zero-order valence-corrected chi connectivity index (χ0v) is 20.1. The van der Waals surface area contributed by atoms with E-state index >= 15 is 0 Å². The van der Waals surface area contributed by atoms with Gasteiger partial charge in [0.05, 0.1) is 20.3 Å². The number of carbonyl (C=O) groups excluding carboxylic acids is 1. The molecule has 2 rings (SSSR count). The van der Waals surface area contributed by atoms with Crippen molar-refractivity contribution in [2.24, 2.45) is 4.99 Å². The maximum absolute atomic E-state index is 11.2. The van der Waals surface area contributed by atoms with Gasteiger partial charge < -0.3 is 20.1 Å². The number of carbonyl (C=O) groups is 1. The van der Waals surface area contributed by atoms with Crippen molar-refractivity contribution >= 4 is 35.9 Å². The number of guanidine groups is 1. The van der Waals surface area contributed by atoms with E-state index in [1.165, 1.54) is 25.5 Å². The molecule has 2 N–H and O–H groups in total. The maximum Gasteiger partial charge on any atom is 0.305 e. The molecule has 0 radical (unpaired) electrons. The first-order valence-corrected chi connectivity index (χ1v) is 10.1. The molecule has 0 aliphatic carbocycles. The first kappa shape index (κ1) is 25.5. The number of likely N-dealkylation sites (tertiary alicyclic amines) is 1. The van der Waals surface area contributed by atoms with Crippen LogP contribution in [-0.2, 0) is 9.53 Å². The van der Waals surface area contributed by atoms with Gasteiger partial charge in [-0.05, 0) is 44.8 Å². The normalized spacial score (nSPS) is 15.3. The lowest BCUT2D eigenvalue weighted by molar-refractivity contribution is -0.140. The highest BCUT2D eigenvalue weighted by Crippen LogP contribution is 2.31. The maximum atomic E-state index is 11.2. The molecule has 164 valence electrons. The van der Waals surface area contributed by atoms with Crippen LogP contribution in [0.1, 0.15) is 43.7 Å². The molecule has 0 saturated carbocycles. The van der Waals surface area contributed by atoms with Crippen LogP contribution in [0.25, 0.3) is 0 Å². The van der Waals surface area contributed by atoms with Gasteiger partial charge in [-0.3, -0.25) is 14.7 Å². The van der Waals surface area contributed by atoms with Crippen LogP contribution in [-0.4, -0.2) is 64.3 Å². The van der Waals surface area contributed by atoms with Gasteiger partial charge in [0.15, 0.2) is 5.96 Å². The van der Waals surface area contributed by atoms with Gasteiger partial charge in [-0.1, -0.05) is 18.2 Å². The monoisotopic (exact) mass is 518 g/mol. The summed E-state index contributed by atoms with van der Waals surface area (Å²) < 4.78 is 10.3. The van der Waals surface area contributed by atoms with Crippen molar-refractivity contribution in [1.82, 2.24) is 15.5 Å². The lowest BCUT2D eigenvalue weighted by Gasteiger charge is -2.30. The molecular weight excluding hydrogens is 483 g/mol. The van der Waals surface area contributed by atoms with E-state index < -0.39 is 0 Å². The highest BCUT2D eigenvalue weighted by atomic mass is 127. The molecule has 1 aliphatic rings. The molecule has 0 spiro atoms. The highest BCUT2D eigenvalue weighted by molar-refractivity contribution is 14.0.